The van der Waals surface area contributed by atoms with E-state index in [0.717, 1.165) is 24.0 Å². The van der Waals surface area contributed by atoms with E-state index >= 15 is 0 Å². The summed E-state index contributed by atoms with van der Waals surface area (Å²) < 4.78 is 15.9. The summed E-state index contributed by atoms with van der Waals surface area (Å²) in [6.07, 6.45) is 1.27. The van der Waals surface area contributed by atoms with Crippen LogP contribution in [0.2, 0.25) is 0 Å². The van der Waals surface area contributed by atoms with E-state index in [4.69, 9.17) is 14.2 Å². The predicted octanol–water partition coefficient (Wildman–Crippen LogP) is 4.20. The number of esters is 3. The van der Waals surface area contributed by atoms with Crippen LogP contribution in [0.3, 0.4) is 0 Å². The van der Waals surface area contributed by atoms with Crippen molar-refractivity contribution in [3.05, 3.63) is 34.9 Å². The third kappa shape index (κ3) is 6.85. The third-order valence-electron chi connectivity index (χ3n) is 4.74. The van der Waals surface area contributed by atoms with Crippen LogP contribution in [0, 0.1) is 5.41 Å². The second kappa shape index (κ2) is 11.1. The molecule has 0 saturated heterocycles. The fraction of sp³-hybridized carbons (Fsp3) is 0.625. The van der Waals surface area contributed by atoms with E-state index in [0.29, 0.717) is 0 Å². The molecule has 0 unspecified atom stereocenters. The molecule has 0 saturated carbocycles. The normalized spacial score (nSPS) is 11.7. The van der Waals surface area contributed by atoms with Crippen LogP contribution in [-0.2, 0) is 47.9 Å². The Morgan fingerprint density at radius 3 is 1.80 bits per heavy atom. The molecule has 1 rings (SSSR count). The first kappa shape index (κ1) is 25.7. The molecule has 0 amide bonds. The van der Waals surface area contributed by atoms with Crippen molar-refractivity contribution in [1.29, 1.82) is 0 Å². The molecule has 0 aliphatic carbocycles. The minimum atomic E-state index is -1.80. The lowest BCUT2D eigenvalue weighted by atomic mass is 9.77. The average molecular weight is 421 g/mol. The van der Waals surface area contributed by atoms with Gasteiger partial charge in [0.1, 0.15) is 5.60 Å². The molecular formula is C24H36O6. The summed E-state index contributed by atoms with van der Waals surface area (Å²) in [5.74, 6) is -2.19. The molecule has 0 atom stereocenters. The van der Waals surface area contributed by atoms with Crippen LogP contribution in [0.1, 0.15) is 71.6 Å². The van der Waals surface area contributed by atoms with Crippen molar-refractivity contribution in [3.8, 4) is 0 Å². The third-order valence-corrected chi connectivity index (χ3v) is 4.74. The van der Waals surface area contributed by atoms with Crippen LogP contribution in [-0.4, -0.2) is 36.7 Å². The van der Waals surface area contributed by atoms with Crippen molar-refractivity contribution in [1.82, 2.24) is 0 Å². The van der Waals surface area contributed by atoms with Crippen LogP contribution < -0.4 is 0 Å². The smallest absolute Gasteiger partial charge is 0.324 e. The molecule has 6 nitrogen and oxygen atoms in total. The Kier molecular flexibility index (Phi) is 9.53. The van der Waals surface area contributed by atoms with Gasteiger partial charge in [0, 0.05) is 0 Å². The van der Waals surface area contributed by atoms with Gasteiger partial charge in [0.15, 0.2) is 5.41 Å². The lowest BCUT2D eigenvalue weighted by Crippen LogP contribution is -2.46. The highest BCUT2D eigenvalue weighted by Crippen LogP contribution is 2.33. The van der Waals surface area contributed by atoms with Crippen LogP contribution >= 0.6 is 0 Å². The lowest BCUT2D eigenvalue weighted by Gasteiger charge is -2.30. The first-order valence-electron chi connectivity index (χ1n) is 10.7. The number of aryl methyl sites for hydroxylation is 2. The second-order valence-electron chi connectivity index (χ2n) is 8.27. The molecular weight excluding hydrogens is 384 g/mol. The Labute approximate surface area is 180 Å². The van der Waals surface area contributed by atoms with Crippen molar-refractivity contribution >= 4 is 17.9 Å². The Morgan fingerprint density at radius 1 is 0.833 bits per heavy atom. The zero-order valence-electron chi connectivity index (χ0n) is 19.4. The molecule has 0 bridgehead atoms. The maximum absolute atomic E-state index is 13.0. The van der Waals surface area contributed by atoms with Gasteiger partial charge in [0.05, 0.1) is 19.6 Å². The van der Waals surface area contributed by atoms with Gasteiger partial charge in [0.25, 0.3) is 0 Å². The summed E-state index contributed by atoms with van der Waals surface area (Å²) in [7, 11) is 0. The van der Waals surface area contributed by atoms with Gasteiger partial charge in [-0.3, -0.25) is 14.4 Å². The molecule has 0 N–H and O–H groups in total. The number of ether oxygens (including phenoxy) is 3. The number of benzene rings is 1. The van der Waals surface area contributed by atoms with Gasteiger partial charge >= 0.3 is 17.9 Å². The van der Waals surface area contributed by atoms with Gasteiger partial charge in [-0.05, 0) is 70.6 Å². The largest absolute Gasteiger partial charge is 0.465 e. The van der Waals surface area contributed by atoms with Gasteiger partial charge in [-0.2, -0.15) is 0 Å². The van der Waals surface area contributed by atoms with Crippen molar-refractivity contribution in [2.75, 3.05) is 13.2 Å². The summed E-state index contributed by atoms with van der Waals surface area (Å²) in [6, 6.07) is 5.88. The fourth-order valence-corrected chi connectivity index (χ4v) is 3.41. The number of hydrogen-bond donors (Lipinski definition) is 0. The Bertz CT molecular complexity index is 727. The Morgan fingerprint density at radius 2 is 1.37 bits per heavy atom. The Hall–Kier alpha value is -2.37. The molecule has 0 radical (unpaired) electrons. The molecule has 0 fully saturated rings. The molecule has 0 aliphatic rings. The summed E-state index contributed by atoms with van der Waals surface area (Å²) in [5.41, 5.74) is 0.589. The quantitative estimate of drug-likeness (QED) is 0.321. The molecule has 0 aromatic heterocycles. The summed E-state index contributed by atoms with van der Waals surface area (Å²) in [4.78, 5) is 38.7. The molecule has 30 heavy (non-hydrogen) atoms. The van der Waals surface area contributed by atoms with Gasteiger partial charge in [-0.25, -0.2) is 0 Å². The molecule has 1 aromatic carbocycles. The summed E-state index contributed by atoms with van der Waals surface area (Å²) >= 11 is 0. The highest BCUT2D eigenvalue weighted by atomic mass is 16.6. The van der Waals surface area contributed by atoms with Crippen molar-refractivity contribution in [2.45, 2.75) is 79.8 Å². The summed E-state index contributed by atoms with van der Waals surface area (Å²) in [6.45, 7) is 12.8. The van der Waals surface area contributed by atoms with Crippen molar-refractivity contribution in [2.24, 2.45) is 5.41 Å². The molecule has 0 heterocycles. The topological polar surface area (TPSA) is 78.9 Å². The van der Waals surface area contributed by atoms with Crippen LogP contribution in [0.5, 0.6) is 0 Å². The molecule has 0 spiro atoms. The molecule has 0 aliphatic heterocycles. The maximum atomic E-state index is 13.0. The minimum Gasteiger partial charge on any atom is -0.465 e. The van der Waals surface area contributed by atoms with Crippen LogP contribution in [0.15, 0.2) is 18.2 Å². The van der Waals surface area contributed by atoms with Crippen molar-refractivity contribution < 1.29 is 28.6 Å². The number of carbonyl (C=O) groups is 3. The zero-order chi connectivity index (χ0) is 22.9. The minimum absolute atomic E-state index is 0.000897. The van der Waals surface area contributed by atoms with Crippen LogP contribution in [0.4, 0.5) is 0 Å². The van der Waals surface area contributed by atoms with Gasteiger partial charge in [-0.15, -0.1) is 0 Å². The number of rotatable bonds is 10. The van der Waals surface area contributed by atoms with E-state index in [2.05, 4.69) is 13.8 Å². The standard InChI is InChI=1S/C24H36O6/c1-8-18-13-12-17(14-19(18)9-2)15-24(21(26)28-10-3,22(27)29-11-4)16-20(25)30-23(5,6)7/h12-14H,8-11,15-16H2,1-7H3. The summed E-state index contributed by atoms with van der Waals surface area (Å²) in [5, 5.41) is 0. The molecule has 6 heteroatoms. The fourth-order valence-electron chi connectivity index (χ4n) is 3.41. The Balaban J connectivity index is 3.46. The zero-order valence-corrected chi connectivity index (χ0v) is 19.4. The van der Waals surface area contributed by atoms with E-state index in [1.165, 1.54) is 5.56 Å². The van der Waals surface area contributed by atoms with E-state index < -0.39 is 35.3 Å². The van der Waals surface area contributed by atoms with E-state index in [-0.39, 0.29) is 19.6 Å². The average Bonchev–Trinajstić information content (AvgIpc) is 2.66. The van der Waals surface area contributed by atoms with Gasteiger partial charge < -0.3 is 14.2 Å². The first-order chi connectivity index (χ1) is 14.0. The molecule has 1 aromatic rings. The monoisotopic (exact) mass is 420 g/mol. The maximum Gasteiger partial charge on any atom is 0.324 e. The predicted molar refractivity (Wildman–Crippen MR) is 115 cm³/mol. The highest BCUT2D eigenvalue weighted by molar-refractivity contribution is 6.03. The lowest BCUT2D eigenvalue weighted by molar-refractivity contribution is -0.179. The van der Waals surface area contributed by atoms with E-state index in [1.807, 2.05) is 18.2 Å². The van der Waals surface area contributed by atoms with E-state index in [9.17, 15) is 14.4 Å². The van der Waals surface area contributed by atoms with E-state index in [1.54, 1.807) is 34.6 Å². The number of hydrogen-bond acceptors (Lipinski definition) is 6. The molecule has 168 valence electrons. The highest BCUT2D eigenvalue weighted by Gasteiger charge is 2.51. The number of carbonyl (C=O) groups excluding carboxylic acids is 3. The van der Waals surface area contributed by atoms with Crippen LogP contribution in [0.25, 0.3) is 0 Å². The van der Waals surface area contributed by atoms with Gasteiger partial charge in [-0.1, -0.05) is 32.0 Å². The first-order valence-corrected chi connectivity index (χ1v) is 10.7. The van der Waals surface area contributed by atoms with Crippen molar-refractivity contribution in [3.63, 3.8) is 0 Å². The second-order valence-corrected chi connectivity index (χ2v) is 8.27. The SMILES string of the molecule is CCOC(=O)C(CC(=O)OC(C)(C)C)(Cc1ccc(CC)c(CC)c1)C(=O)OCC. The van der Waals surface area contributed by atoms with Gasteiger partial charge in [0.2, 0.25) is 0 Å².